The average Bonchev–Trinajstić information content (AvgIpc) is 3.90. The molecule has 0 bridgehead atoms. The van der Waals surface area contributed by atoms with Gasteiger partial charge in [0.1, 0.15) is 6.29 Å². The second-order valence-electron chi connectivity index (χ2n) is 14.4. The van der Waals surface area contributed by atoms with Gasteiger partial charge in [-0.3, -0.25) is 19.9 Å². The summed E-state index contributed by atoms with van der Waals surface area (Å²) in [6, 6.07) is 11.6. The molecule has 6 rings (SSSR count). The molecule has 1 aromatic carbocycles. The lowest BCUT2D eigenvalue weighted by atomic mass is 9.84. The SMILES string of the molecule is CCn1c(-c2cc(N3CCN(C4CC4)CC3)cnc2C(C)OC)c(CC(C)(C)COO)c2cc(-c3cc(=O)cc(CC(N)C=O)[nH]3)ccc21. The molecule has 262 valence electrons. The molecule has 4 N–H and O–H groups in total. The number of carbonyl (C=O) groups excluding carboxylic acids is 1. The maximum atomic E-state index is 12.8. The van der Waals surface area contributed by atoms with Crippen molar-refractivity contribution in [3.8, 4) is 22.5 Å². The van der Waals surface area contributed by atoms with Crippen LogP contribution in [0.2, 0.25) is 0 Å². The molecule has 49 heavy (non-hydrogen) atoms. The minimum absolute atomic E-state index is 0.155. The molecule has 1 aliphatic heterocycles. The van der Waals surface area contributed by atoms with Crippen LogP contribution in [0.15, 0.2) is 47.4 Å². The summed E-state index contributed by atoms with van der Waals surface area (Å²) in [5, 5.41) is 10.6. The van der Waals surface area contributed by atoms with Gasteiger partial charge in [-0.2, -0.15) is 0 Å². The Bertz CT molecular complexity index is 1850. The Morgan fingerprint density at radius 3 is 2.55 bits per heavy atom. The summed E-state index contributed by atoms with van der Waals surface area (Å²) in [5.41, 5.74) is 13.6. The fraction of sp³-hybridized carbons (Fsp3) is 0.500. The van der Waals surface area contributed by atoms with E-state index >= 15 is 0 Å². The summed E-state index contributed by atoms with van der Waals surface area (Å²) in [6.07, 6.45) is 5.90. The topological polar surface area (TPSA) is 139 Å². The number of H-pyrrole nitrogens is 1. The van der Waals surface area contributed by atoms with Crippen LogP contribution in [0.5, 0.6) is 0 Å². The van der Waals surface area contributed by atoms with Crippen LogP contribution in [-0.2, 0) is 33.8 Å². The van der Waals surface area contributed by atoms with E-state index in [9.17, 15) is 14.8 Å². The van der Waals surface area contributed by atoms with Crippen molar-refractivity contribution >= 4 is 22.9 Å². The number of fused-ring (bicyclic) bond motifs is 1. The van der Waals surface area contributed by atoms with Gasteiger partial charge in [0, 0.05) is 92.3 Å². The van der Waals surface area contributed by atoms with Crippen LogP contribution in [0.3, 0.4) is 0 Å². The van der Waals surface area contributed by atoms with E-state index in [-0.39, 0.29) is 24.6 Å². The van der Waals surface area contributed by atoms with Gasteiger partial charge in [-0.05, 0) is 67.9 Å². The summed E-state index contributed by atoms with van der Waals surface area (Å²) < 4.78 is 8.22. The third-order valence-corrected chi connectivity index (χ3v) is 10.1. The summed E-state index contributed by atoms with van der Waals surface area (Å²) in [6.45, 7) is 13.2. The number of nitrogens with one attached hydrogen (secondary N) is 1. The van der Waals surface area contributed by atoms with Crippen molar-refractivity contribution in [2.24, 2.45) is 11.1 Å². The van der Waals surface area contributed by atoms with Crippen molar-refractivity contribution in [2.45, 2.75) is 78.1 Å². The molecule has 1 aliphatic carbocycles. The maximum absolute atomic E-state index is 12.8. The average molecular weight is 671 g/mol. The van der Waals surface area contributed by atoms with Crippen molar-refractivity contribution in [3.63, 3.8) is 0 Å². The number of aromatic amines is 1. The first-order chi connectivity index (χ1) is 23.5. The number of ether oxygens (including phenoxy) is 1. The van der Waals surface area contributed by atoms with Crippen LogP contribution in [0.4, 0.5) is 5.69 Å². The predicted octanol–water partition coefficient (Wildman–Crippen LogP) is 5.20. The molecule has 1 saturated carbocycles. The van der Waals surface area contributed by atoms with Gasteiger partial charge in [-0.25, -0.2) is 4.89 Å². The molecule has 2 atom stereocenters. The highest BCUT2D eigenvalue weighted by Gasteiger charge is 2.32. The van der Waals surface area contributed by atoms with Crippen molar-refractivity contribution < 1.29 is 19.7 Å². The molecule has 1 saturated heterocycles. The van der Waals surface area contributed by atoms with E-state index in [1.54, 1.807) is 13.2 Å². The van der Waals surface area contributed by atoms with Gasteiger partial charge in [0.25, 0.3) is 0 Å². The molecular weight excluding hydrogens is 620 g/mol. The van der Waals surface area contributed by atoms with Crippen LogP contribution in [0.25, 0.3) is 33.4 Å². The van der Waals surface area contributed by atoms with Crippen LogP contribution >= 0.6 is 0 Å². The number of anilines is 1. The zero-order valence-corrected chi connectivity index (χ0v) is 29.4. The number of methoxy groups -OCH3 is 1. The molecule has 4 aromatic rings. The van der Waals surface area contributed by atoms with E-state index < -0.39 is 11.5 Å². The highest BCUT2D eigenvalue weighted by molar-refractivity contribution is 5.95. The number of rotatable bonds is 14. The predicted molar refractivity (Wildman–Crippen MR) is 193 cm³/mol. The lowest BCUT2D eigenvalue weighted by Crippen LogP contribution is -2.47. The Morgan fingerprint density at radius 2 is 1.90 bits per heavy atom. The van der Waals surface area contributed by atoms with Gasteiger partial charge in [0.15, 0.2) is 5.43 Å². The number of nitrogens with two attached hydrogens (primary N) is 1. The lowest BCUT2D eigenvalue weighted by Gasteiger charge is -2.36. The molecule has 11 heteroatoms. The highest BCUT2D eigenvalue weighted by atomic mass is 17.1. The molecule has 2 unspecified atom stereocenters. The van der Waals surface area contributed by atoms with Gasteiger partial charge >= 0.3 is 0 Å². The van der Waals surface area contributed by atoms with Crippen LogP contribution in [-0.4, -0.2) is 83.0 Å². The van der Waals surface area contributed by atoms with E-state index in [0.717, 1.165) is 76.9 Å². The van der Waals surface area contributed by atoms with Crippen molar-refractivity contribution in [1.82, 2.24) is 19.4 Å². The van der Waals surface area contributed by atoms with Crippen molar-refractivity contribution in [3.05, 3.63) is 69.8 Å². The number of aryl methyl sites for hydroxylation is 1. The first kappa shape index (κ1) is 35.0. The highest BCUT2D eigenvalue weighted by Crippen LogP contribution is 2.43. The first-order valence-corrected chi connectivity index (χ1v) is 17.4. The quantitative estimate of drug-likeness (QED) is 0.0939. The number of pyridine rings is 2. The molecular formula is C38H50N6O5. The summed E-state index contributed by atoms with van der Waals surface area (Å²) in [5.74, 6) is 0. The number of piperazine rings is 1. The van der Waals surface area contributed by atoms with Gasteiger partial charge in [-0.1, -0.05) is 19.9 Å². The number of carbonyl (C=O) groups is 1. The van der Waals surface area contributed by atoms with E-state index in [1.807, 2.05) is 19.2 Å². The summed E-state index contributed by atoms with van der Waals surface area (Å²) in [7, 11) is 1.71. The molecule has 4 heterocycles. The summed E-state index contributed by atoms with van der Waals surface area (Å²) >= 11 is 0. The molecule has 11 nitrogen and oxygen atoms in total. The number of hydrogen-bond donors (Lipinski definition) is 3. The number of aldehydes is 1. The maximum Gasteiger partial charge on any atom is 0.182 e. The molecule has 3 aromatic heterocycles. The Hall–Kier alpha value is -3.87. The Kier molecular flexibility index (Phi) is 10.4. The largest absolute Gasteiger partial charge is 0.375 e. The van der Waals surface area contributed by atoms with Crippen LogP contribution in [0.1, 0.15) is 63.6 Å². The second kappa shape index (κ2) is 14.5. The third kappa shape index (κ3) is 7.51. The Labute approximate surface area is 288 Å². The normalized spacial score (nSPS) is 17.1. The van der Waals surface area contributed by atoms with E-state index in [2.05, 4.69) is 58.3 Å². The zero-order valence-electron chi connectivity index (χ0n) is 29.4. The monoisotopic (exact) mass is 670 g/mol. The minimum atomic E-state index is -0.702. The standard InChI is InChI=1S/C38H50N6O5/c1-6-44-35-10-7-25(34-19-30(46)17-27(41-34)16-26(39)22-45)15-31(35)33(20-38(3,4)23-49-47)37(44)32-18-29(21-40-36(32)24(2)48-5)43-13-11-42(12-14-43)28-8-9-28/h7,10,15,17-19,21-22,24,26,28,47H,6,8-9,11-14,16,20,23,39H2,1-5H3,(H,41,46). The third-order valence-electron chi connectivity index (χ3n) is 10.1. The molecule has 0 amide bonds. The molecule has 2 aliphatic rings. The Balaban J connectivity index is 1.53. The van der Waals surface area contributed by atoms with Crippen LogP contribution in [0, 0.1) is 5.41 Å². The lowest BCUT2D eigenvalue weighted by molar-refractivity contribution is -0.259. The smallest absolute Gasteiger partial charge is 0.182 e. The minimum Gasteiger partial charge on any atom is -0.375 e. The number of nitrogens with zero attached hydrogens (tertiary/aromatic N) is 4. The molecule has 2 fully saturated rings. The first-order valence-electron chi connectivity index (χ1n) is 17.4. The number of aromatic nitrogens is 3. The van der Waals surface area contributed by atoms with Gasteiger partial charge in [0.2, 0.25) is 0 Å². The number of hydrogen-bond acceptors (Lipinski definition) is 9. The second-order valence-corrected chi connectivity index (χ2v) is 14.4. The van der Waals surface area contributed by atoms with Crippen LogP contribution < -0.4 is 16.1 Å². The summed E-state index contributed by atoms with van der Waals surface area (Å²) in [4.78, 5) is 42.2. The van der Waals surface area contributed by atoms with Gasteiger partial charge in [0.05, 0.1) is 42.0 Å². The van der Waals surface area contributed by atoms with Crippen molar-refractivity contribution in [1.29, 1.82) is 0 Å². The van der Waals surface area contributed by atoms with Gasteiger partial charge in [-0.15, -0.1) is 0 Å². The van der Waals surface area contributed by atoms with Crippen molar-refractivity contribution in [2.75, 3.05) is 44.8 Å². The van der Waals surface area contributed by atoms with E-state index in [0.29, 0.717) is 30.6 Å². The molecule has 0 radical (unpaired) electrons. The van der Waals surface area contributed by atoms with E-state index in [1.165, 1.54) is 18.9 Å². The Morgan fingerprint density at radius 1 is 1.14 bits per heavy atom. The number of benzene rings is 1. The van der Waals surface area contributed by atoms with Gasteiger partial charge < -0.3 is 29.7 Å². The molecule has 0 spiro atoms. The zero-order chi connectivity index (χ0) is 34.9. The van der Waals surface area contributed by atoms with E-state index in [4.69, 9.17) is 20.3 Å². The fourth-order valence-electron chi connectivity index (χ4n) is 7.33. The fourth-order valence-corrected chi connectivity index (χ4v) is 7.33.